The fourth-order valence-corrected chi connectivity index (χ4v) is 5.77. The number of benzene rings is 4. The van der Waals surface area contributed by atoms with Crippen molar-refractivity contribution in [1.82, 2.24) is 0 Å². The molecule has 0 spiro atoms. The van der Waals surface area contributed by atoms with Crippen molar-refractivity contribution in [1.29, 1.82) is 0 Å². The van der Waals surface area contributed by atoms with Crippen LogP contribution in [-0.4, -0.2) is 0 Å². The van der Waals surface area contributed by atoms with Gasteiger partial charge in [-0.2, -0.15) is 0 Å². The third kappa shape index (κ3) is 2.18. The maximum absolute atomic E-state index is 2.36. The van der Waals surface area contributed by atoms with Gasteiger partial charge in [0, 0.05) is 0 Å². The number of hydrogen-bond acceptors (Lipinski definition) is 0. The highest BCUT2D eigenvalue weighted by Gasteiger charge is 2.55. The second-order valence-electron chi connectivity index (χ2n) is 8.10. The Morgan fingerprint density at radius 3 is 1.11 bits per heavy atom. The molecule has 0 heterocycles. The van der Waals surface area contributed by atoms with Crippen LogP contribution < -0.4 is 0 Å². The van der Waals surface area contributed by atoms with Gasteiger partial charge in [0.1, 0.15) is 0 Å². The Hall–Kier alpha value is -3.12. The fourth-order valence-electron chi connectivity index (χ4n) is 5.77. The van der Waals surface area contributed by atoms with Gasteiger partial charge in [0.25, 0.3) is 0 Å². The molecule has 0 saturated heterocycles. The quantitative estimate of drug-likeness (QED) is 0.358. The van der Waals surface area contributed by atoms with Crippen molar-refractivity contribution in [2.45, 2.75) is 23.7 Å². The molecular formula is C28H22. The third-order valence-electron chi connectivity index (χ3n) is 6.85. The van der Waals surface area contributed by atoms with Crippen LogP contribution in [0.2, 0.25) is 0 Å². The van der Waals surface area contributed by atoms with Crippen LogP contribution in [0.15, 0.2) is 109 Å². The summed E-state index contributed by atoms with van der Waals surface area (Å²) in [5.41, 5.74) is 8.82. The number of rotatable bonds is 2. The van der Waals surface area contributed by atoms with Crippen molar-refractivity contribution < 1.29 is 0 Å². The molecule has 134 valence electrons. The van der Waals surface area contributed by atoms with Crippen molar-refractivity contribution >= 4 is 0 Å². The van der Waals surface area contributed by atoms with Crippen LogP contribution in [0.1, 0.15) is 45.9 Å². The molecule has 0 N–H and O–H groups in total. The van der Waals surface area contributed by atoms with Gasteiger partial charge in [-0.3, -0.25) is 0 Å². The minimum absolute atomic E-state index is 0.517. The minimum Gasteiger partial charge on any atom is -0.0622 e. The van der Waals surface area contributed by atoms with Gasteiger partial charge >= 0.3 is 0 Å². The van der Waals surface area contributed by atoms with Crippen LogP contribution >= 0.6 is 0 Å². The van der Waals surface area contributed by atoms with Crippen molar-refractivity contribution in [3.63, 3.8) is 0 Å². The topological polar surface area (TPSA) is 0 Å². The van der Waals surface area contributed by atoms with E-state index in [2.05, 4.69) is 109 Å². The summed E-state index contributed by atoms with van der Waals surface area (Å²) in [5.74, 6) is 2.11. The fraction of sp³-hybridized carbons (Fsp3) is 0.143. The first-order chi connectivity index (χ1) is 13.9. The molecule has 4 aromatic carbocycles. The zero-order valence-electron chi connectivity index (χ0n) is 15.7. The molecule has 0 unspecified atom stereocenters. The zero-order valence-corrected chi connectivity index (χ0v) is 15.7. The van der Waals surface area contributed by atoms with Crippen LogP contribution in [0.25, 0.3) is 11.1 Å². The summed E-state index contributed by atoms with van der Waals surface area (Å²) < 4.78 is 0. The summed E-state index contributed by atoms with van der Waals surface area (Å²) >= 11 is 0. The van der Waals surface area contributed by atoms with Crippen LogP contribution in [0, 0.1) is 0 Å². The molecule has 0 aromatic heterocycles. The predicted octanol–water partition coefficient (Wildman–Crippen LogP) is 7.12. The van der Waals surface area contributed by atoms with E-state index in [-0.39, 0.29) is 0 Å². The Morgan fingerprint density at radius 2 is 0.679 bits per heavy atom. The Bertz CT molecular complexity index is 1020. The van der Waals surface area contributed by atoms with Gasteiger partial charge in [0.15, 0.2) is 0 Å². The molecule has 0 aliphatic heterocycles. The van der Waals surface area contributed by atoms with E-state index in [0.717, 1.165) is 0 Å². The largest absolute Gasteiger partial charge is 0.0622 e. The Balaban J connectivity index is 1.60. The highest BCUT2D eigenvalue weighted by molar-refractivity contribution is 5.77. The van der Waals surface area contributed by atoms with E-state index in [1.54, 1.807) is 0 Å². The first-order valence-corrected chi connectivity index (χ1v) is 10.2. The second-order valence-corrected chi connectivity index (χ2v) is 8.10. The smallest absolute Gasteiger partial charge is 0.000568 e. The first kappa shape index (κ1) is 15.9. The summed E-state index contributed by atoms with van der Waals surface area (Å²) in [6.07, 6.45) is 0. The van der Waals surface area contributed by atoms with E-state index in [9.17, 15) is 0 Å². The molecule has 4 aromatic rings. The molecule has 0 nitrogen and oxygen atoms in total. The van der Waals surface area contributed by atoms with Crippen molar-refractivity contribution in [2.75, 3.05) is 0 Å². The van der Waals surface area contributed by atoms with E-state index in [1.165, 1.54) is 33.4 Å². The van der Waals surface area contributed by atoms with E-state index in [1.807, 2.05) is 0 Å². The molecular weight excluding hydrogens is 336 g/mol. The molecule has 28 heavy (non-hydrogen) atoms. The predicted molar refractivity (Wildman–Crippen MR) is 116 cm³/mol. The molecule has 1 fully saturated rings. The lowest BCUT2D eigenvalue weighted by Gasteiger charge is -2.56. The van der Waals surface area contributed by atoms with E-state index < -0.39 is 0 Å². The molecule has 4 atom stereocenters. The Labute approximate surface area is 166 Å². The highest BCUT2D eigenvalue weighted by atomic mass is 14.6. The van der Waals surface area contributed by atoms with Crippen LogP contribution in [0.4, 0.5) is 0 Å². The molecule has 0 bridgehead atoms. The van der Waals surface area contributed by atoms with Gasteiger partial charge in [-0.05, 0) is 57.1 Å². The minimum atomic E-state index is 0.517. The van der Waals surface area contributed by atoms with Gasteiger partial charge < -0.3 is 0 Å². The van der Waals surface area contributed by atoms with E-state index in [4.69, 9.17) is 0 Å². The number of fused-ring (bicyclic) bond motifs is 6. The van der Waals surface area contributed by atoms with Gasteiger partial charge in [0.05, 0.1) is 0 Å². The maximum Gasteiger partial charge on any atom is -0.000568 e. The lowest BCUT2D eigenvalue weighted by Crippen LogP contribution is -2.42. The molecule has 0 radical (unpaired) electrons. The van der Waals surface area contributed by atoms with Crippen molar-refractivity contribution in [3.05, 3.63) is 131 Å². The lowest BCUT2D eigenvalue weighted by molar-refractivity contribution is 0.226. The summed E-state index contributed by atoms with van der Waals surface area (Å²) in [7, 11) is 0. The second kappa shape index (κ2) is 6.21. The molecule has 1 saturated carbocycles. The third-order valence-corrected chi connectivity index (χ3v) is 6.85. The summed E-state index contributed by atoms with van der Waals surface area (Å²) in [4.78, 5) is 0. The molecule has 6 rings (SSSR count). The average Bonchev–Trinajstić information content (AvgIpc) is 2.75. The number of hydrogen-bond donors (Lipinski definition) is 0. The van der Waals surface area contributed by atoms with E-state index in [0.29, 0.717) is 23.7 Å². The summed E-state index contributed by atoms with van der Waals surface area (Å²) in [5, 5.41) is 0. The highest BCUT2D eigenvalue weighted by Crippen LogP contribution is 2.70. The zero-order chi connectivity index (χ0) is 18.5. The standard InChI is InChI=1S/C28H22/c1-3-11-19(12-4-1)25-26(20-13-5-2-6-14-20)28-24-18-10-8-16-22(24)21-15-7-9-17-23(21)27(25)28/h1-18,25-28H/t25-,26+,27+,28-. The van der Waals surface area contributed by atoms with Gasteiger partial charge in [-0.1, -0.05) is 109 Å². The normalized spacial score (nSPS) is 24.4. The van der Waals surface area contributed by atoms with Crippen LogP contribution in [0.3, 0.4) is 0 Å². The monoisotopic (exact) mass is 358 g/mol. The van der Waals surface area contributed by atoms with Gasteiger partial charge in [-0.15, -0.1) is 0 Å². The maximum atomic E-state index is 2.36. The molecule has 2 aliphatic carbocycles. The van der Waals surface area contributed by atoms with Gasteiger partial charge in [-0.25, -0.2) is 0 Å². The Kier molecular flexibility index (Phi) is 3.52. The Morgan fingerprint density at radius 1 is 0.321 bits per heavy atom. The van der Waals surface area contributed by atoms with Gasteiger partial charge in [0.2, 0.25) is 0 Å². The lowest BCUT2D eigenvalue weighted by atomic mass is 9.46. The first-order valence-electron chi connectivity index (χ1n) is 10.2. The average molecular weight is 358 g/mol. The molecule has 2 aliphatic rings. The van der Waals surface area contributed by atoms with Crippen molar-refractivity contribution in [2.24, 2.45) is 0 Å². The van der Waals surface area contributed by atoms with Crippen LogP contribution in [0.5, 0.6) is 0 Å². The van der Waals surface area contributed by atoms with Crippen molar-refractivity contribution in [3.8, 4) is 11.1 Å². The molecule has 0 heteroatoms. The van der Waals surface area contributed by atoms with Crippen LogP contribution in [-0.2, 0) is 0 Å². The van der Waals surface area contributed by atoms with E-state index >= 15 is 0 Å². The summed E-state index contributed by atoms with van der Waals surface area (Å²) in [6.45, 7) is 0. The molecule has 0 amide bonds. The summed E-state index contributed by atoms with van der Waals surface area (Å²) in [6, 6.07) is 40.4. The SMILES string of the molecule is c1ccc([C@@H]2[C@H](c3ccccc3)[C@H]3c4ccccc4-c4ccccc4[C@@H]23)cc1.